The second-order valence-corrected chi connectivity index (χ2v) is 3.13. The summed E-state index contributed by atoms with van der Waals surface area (Å²) in [4.78, 5) is 27.5. The molecule has 5 heteroatoms. The van der Waals surface area contributed by atoms with E-state index in [-0.39, 0.29) is 12.0 Å². The van der Waals surface area contributed by atoms with Crippen molar-refractivity contribution in [3.05, 3.63) is 0 Å². The number of amides is 3. The molecule has 0 aliphatic carbocycles. The van der Waals surface area contributed by atoms with Gasteiger partial charge in [0.2, 0.25) is 0 Å². The summed E-state index contributed by atoms with van der Waals surface area (Å²) in [5.74, 6) is -0.328. The number of hydrogen-bond donors (Lipinski definition) is 1. The highest BCUT2D eigenvalue weighted by atomic mass is 16.7. The molecule has 74 valence electrons. The van der Waals surface area contributed by atoms with Gasteiger partial charge in [-0.05, 0) is 20.3 Å². The van der Waals surface area contributed by atoms with Gasteiger partial charge in [-0.2, -0.15) is 0 Å². The molecule has 0 radical (unpaired) electrons. The zero-order valence-electron chi connectivity index (χ0n) is 8.03. The summed E-state index contributed by atoms with van der Waals surface area (Å²) in [7, 11) is 0. The normalized spacial score (nSPS) is 24.8. The Morgan fingerprint density at radius 2 is 2.23 bits per heavy atom. The number of imide groups is 1. The first kappa shape index (κ1) is 9.98. The van der Waals surface area contributed by atoms with Crippen molar-refractivity contribution in [2.75, 3.05) is 0 Å². The van der Waals surface area contributed by atoms with Crippen molar-refractivity contribution in [1.82, 2.24) is 10.4 Å². The first-order valence-electron chi connectivity index (χ1n) is 4.37. The van der Waals surface area contributed by atoms with Gasteiger partial charge in [0, 0.05) is 0 Å². The van der Waals surface area contributed by atoms with Crippen LogP contribution in [0.15, 0.2) is 0 Å². The van der Waals surface area contributed by atoms with Crippen molar-refractivity contribution < 1.29 is 14.4 Å². The first-order chi connectivity index (χ1) is 6.06. The second kappa shape index (κ2) is 3.74. The number of urea groups is 1. The van der Waals surface area contributed by atoms with Gasteiger partial charge in [0.15, 0.2) is 0 Å². The predicted octanol–water partition coefficient (Wildman–Crippen LogP) is 0.657. The number of rotatable bonds is 3. The fraction of sp³-hybridized carbons (Fsp3) is 0.750. The maximum absolute atomic E-state index is 11.3. The van der Waals surface area contributed by atoms with Crippen molar-refractivity contribution in [1.29, 1.82) is 0 Å². The Hall–Kier alpha value is -1.10. The van der Waals surface area contributed by atoms with E-state index in [0.717, 1.165) is 11.5 Å². The Morgan fingerprint density at radius 3 is 2.62 bits per heavy atom. The quantitative estimate of drug-likeness (QED) is 0.658. The number of hydrogen-bond acceptors (Lipinski definition) is 3. The van der Waals surface area contributed by atoms with Crippen LogP contribution in [0.5, 0.6) is 0 Å². The van der Waals surface area contributed by atoms with Crippen LogP contribution in [-0.4, -0.2) is 29.1 Å². The molecule has 1 fully saturated rings. The molecule has 1 aliphatic heterocycles. The Morgan fingerprint density at radius 1 is 1.62 bits per heavy atom. The van der Waals surface area contributed by atoms with Gasteiger partial charge >= 0.3 is 6.03 Å². The molecule has 3 amide bonds. The predicted molar refractivity (Wildman–Crippen MR) is 45.7 cm³/mol. The van der Waals surface area contributed by atoms with E-state index in [4.69, 9.17) is 4.84 Å². The van der Waals surface area contributed by atoms with E-state index in [1.807, 2.05) is 13.8 Å². The van der Waals surface area contributed by atoms with Gasteiger partial charge in [0.05, 0.1) is 6.10 Å². The zero-order valence-corrected chi connectivity index (χ0v) is 8.03. The average Bonchev–Trinajstić information content (AvgIpc) is 2.32. The van der Waals surface area contributed by atoms with Crippen LogP contribution >= 0.6 is 0 Å². The first-order valence-corrected chi connectivity index (χ1v) is 4.37. The van der Waals surface area contributed by atoms with E-state index >= 15 is 0 Å². The molecule has 0 aromatic carbocycles. The summed E-state index contributed by atoms with van der Waals surface area (Å²) in [5.41, 5.74) is 0. The van der Waals surface area contributed by atoms with Crippen molar-refractivity contribution in [2.24, 2.45) is 0 Å². The fourth-order valence-corrected chi connectivity index (χ4v) is 0.936. The third kappa shape index (κ3) is 1.98. The van der Waals surface area contributed by atoms with Crippen LogP contribution in [-0.2, 0) is 9.63 Å². The molecule has 0 aromatic rings. The largest absolute Gasteiger partial charge is 0.349 e. The highest BCUT2D eigenvalue weighted by Crippen LogP contribution is 2.09. The lowest BCUT2D eigenvalue weighted by atomic mass is 10.3. The summed E-state index contributed by atoms with van der Waals surface area (Å²) >= 11 is 0. The van der Waals surface area contributed by atoms with Crippen molar-refractivity contribution >= 4 is 11.9 Å². The number of carbonyl (C=O) groups excluding carboxylic acids is 2. The Labute approximate surface area is 77.0 Å². The summed E-state index contributed by atoms with van der Waals surface area (Å²) in [5, 5.41) is 3.26. The van der Waals surface area contributed by atoms with Crippen molar-refractivity contribution in [3.8, 4) is 0 Å². The maximum atomic E-state index is 11.3. The molecule has 0 spiro atoms. The van der Waals surface area contributed by atoms with Gasteiger partial charge in [-0.1, -0.05) is 6.92 Å². The molecule has 5 nitrogen and oxygen atoms in total. The minimum Gasteiger partial charge on any atom is -0.324 e. The summed E-state index contributed by atoms with van der Waals surface area (Å²) in [6, 6.07) is -0.950. The number of nitrogens with zero attached hydrogens (tertiary/aromatic N) is 1. The van der Waals surface area contributed by atoms with Crippen LogP contribution in [0.25, 0.3) is 0 Å². The summed E-state index contributed by atoms with van der Waals surface area (Å²) in [6.45, 7) is 5.36. The molecule has 1 saturated heterocycles. The van der Waals surface area contributed by atoms with Crippen LogP contribution in [0, 0.1) is 0 Å². The van der Waals surface area contributed by atoms with E-state index in [2.05, 4.69) is 5.32 Å². The third-order valence-electron chi connectivity index (χ3n) is 1.96. The van der Waals surface area contributed by atoms with E-state index in [1.54, 1.807) is 6.92 Å². The summed E-state index contributed by atoms with van der Waals surface area (Å²) < 4.78 is 0. The van der Waals surface area contributed by atoms with Crippen LogP contribution in [0.4, 0.5) is 4.79 Å². The lowest BCUT2D eigenvalue weighted by Crippen LogP contribution is -2.34. The topological polar surface area (TPSA) is 58.6 Å². The van der Waals surface area contributed by atoms with Gasteiger partial charge in [-0.3, -0.25) is 9.63 Å². The molecule has 1 heterocycles. The second-order valence-electron chi connectivity index (χ2n) is 3.13. The van der Waals surface area contributed by atoms with Gasteiger partial charge < -0.3 is 5.32 Å². The Bertz CT molecular complexity index is 229. The lowest BCUT2D eigenvalue weighted by Gasteiger charge is -2.16. The molecule has 13 heavy (non-hydrogen) atoms. The molecule has 1 unspecified atom stereocenters. The van der Waals surface area contributed by atoms with E-state index in [9.17, 15) is 9.59 Å². The SMILES string of the molecule is CCC(C)ON1C(=O)N[C@H](C)C1=O. The number of nitrogens with one attached hydrogen (secondary N) is 1. The lowest BCUT2D eigenvalue weighted by molar-refractivity contribution is -0.176. The Kier molecular flexibility index (Phi) is 2.87. The number of carbonyl (C=O) groups is 2. The third-order valence-corrected chi connectivity index (χ3v) is 1.96. The molecule has 0 aromatic heterocycles. The molecule has 1 aliphatic rings. The standard InChI is InChI=1S/C8H14N2O3/c1-4-5(2)13-10-7(11)6(3)9-8(10)12/h5-6H,4H2,1-3H3,(H,9,12)/t5?,6-/m1/s1. The molecular weight excluding hydrogens is 172 g/mol. The Balaban J connectivity index is 2.59. The minimum atomic E-state index is -0.475. The van der Waals surface area contributed by atoms with Gasteiger partial charge in [-0.25, -0.2) is 4.79 Å². The van der Waals surface area contributed by atoms with Gasteiger partial charge in [-0.15, -0.1) is 5.06 Å². The fourth-order valence-electron chi connectivity index (χ4n) is 0.936. The average molecular weight is 186 g/mol. The molecule has 2 atom stereocenters. The minimum absolute atomic E-state index is 0.125. The highest BCUT2D eigenvalue weighted by molar-refractivity contribution is 6.02. The van der Waals surface area contributed by atoms with Crippen LogP contribution in [0.2, 0.25) is 0 Å². The smallest absolute Gasteiger partial charge is 0.324 e. The summed E-state index contributed by atoms with van der Waals surface area (Å²) in [6.07, 6.45) is 0.630. The van der Waals surface area contributed by atoms with E-state index in [1.165, 1.54) is 0 Å². The van der Waals surface area contributed by atoms with E-state index in [0.29, 0.717) is 0 Å². The van der Waals surface area contributed by atoms with Crippen LogP contribution < -0.4 is 5.32 Å². The van der Waals surface area contributed by atoms with E-state index < -0.39 is 12.1 Å². The van der Waals surface area contributed by atoms with Crippen LogP contribution in [0.1, 0.15) is 27.2 Å². The number of hydroxylamine groups is 2. The van der Waals surface area contributed by atoms with Gasteiger partial charge in [0.25, 0.3) is 5.91 Å². The van der Waals surface area contributed by atoms with Crippen LogP contribution in [0.3, 0.4) is 0 Å². The van der Waals surface area contributed by atoms with Gasteiger partial charge in [0.1, 0.15) is 6.04 Å². The molecule has 0 bridgehead atoms. The molecule has 1 N–H and O–H groups in total. The molecule has 0 saturated carbocycles. The monoisotopic (exact) mass is 186 g/mol. The molecular formula is C8H14N2O3. The maximum Gasteiger partial charge on any atom is 0.349 e. The van der Waals surface area contributed by atoms with Crippen molar-refractivity contribution in [2.45, 2.75) is 39.3 Å². The molecule has 1 rings (SSSR count). The zero-order chi connectivity index (χ0) is 10.0. The van der Waals surface area contributed by atoms with Crippen molar-refractivity contribution in [3.63, 3.8) is 0 Å². The highest BCUT2D eigenvalue weighted by Gasteiger charge is 2.37.